The van der Waals surface area contributed by atoms with E-state index in [1.807, 2.05) is 42.5 Å². The molecule has 1 amide bonds. The minimum absolute atomic E-state index is 0.292. The van der Waals surface area contributed by atoms with Gasteiger partial charge in [0, 0.05) is 18.7 Å². The molecule has 7 nitrogen and oxygen atoms in total. The average molecular weight is 512 g/mol. The summed E-state index contributed by atoms with van der Waals surface area (Å²) in [5, 5.41) is 24.7. The second-order valence-corrected chi connectivity index (χ2v) is 9.66. The second kappa shape index (κ2) is 11.0. The number of rotatable bonds is 7. The Kier molecular flexibility index (Phi) is 7.97. The highest BCUT2D eigenvalue weighted by molar-refractivity contribution is 6.30. The molecule has 3 aromatic rings. The zero-order chi connectivity index (χ0) is 25.9. The number of hydrogen-bond donors (Lipinski definition) is 3. The summed E-state index contributed by atoms with van der Waals surface area (Å²) >= 11 is 6.06. The third-order valence-electron chi connectivity index (χ3n) is 6.24. The fourth-order valence-electron chi connectivity index (χ4n) is 4.38. The van der Waals surface area contributed by atoms with Gasteiger partial charge in [-0.05, 0) is 60.9 Å². The number of nitrogens with one attached hydrogen (secondary N) is 1. The van der Waals surface area contributed by atoms with Crippen molar-refractivity contribution < 1.29 is 29.2 Å². The molecular weight excluding hydrogens is 482 g/mol. The Balaban J connectivity index is 1.62. The van der Waals surface area contributed by atoms with Gasteiger partial charge in [-0.3, -0.25) is 4.79 Å². The van der Waals surface area contributed by atoms with E-state index in [2.05, 4.69) is 5.32 Å². The molecule has 3 N–H and O–H groups in total. The van der Waals surface area contributed by atoms with Crippen LogP contribution in [0.4, 0.5) is 0 Å². The number of aliphatic hydroxyl groups is 2. The first-order valence-corrected chi connectivity index (χ1v) is 12.0. The lowest BCUT2D eigenvalue weighted by atomic mass is 9.89. The first-order chi connectivity index (χ1) is 17.2. The first-order valence-electron chi connectivity index (χ1n) is 11.6. The molecule has 4 atom stereocenters. The molecule has 4 rings (SSSR count). The Hall–Kier alpha value is -2.94. The number of benzene rings is 3. The second-order valence-electron chi connectivity index (χ2n) is 9.23. The summed E-state index contributed by atoms with van der Waals surface area (Å²) in [5.41, 5.74) is 1.93. The fraction of sp³-hybridized carbons (Fsp3) is 0.321. The quantitative estimate of drug-likeness (QED) is 0.440. The number of methoxy groups -OCH3 is 1. The molecule has 0 aromatic heterocycles. The maximum atomic E-state index is 13.3. The number of halogens is 1. The number of carbonyl (C=O) groups is 1. The number of amides is 1. The van der Waals surface area contributed by atoms with Gasteiger partial charge in [-0.15, -0.1) is 0 Å². The average Bonchev–Trinajstić information content (AvgIpc) is 2.87. The van der Waals surface area contributed by atoms with Crippen molar-refractivity contribution in [3.8, 4) is 16.9 Å². The van der Waals surface area contributed by atoms with Gasteiger partial charge in [-0.1, -0.05) is 54.1 Å². The fourth-order valence-corrected chi connectivity index (χ4v) is 4.50. The Bertz CT molecular complexity index is 1180. The molecule has 3 aromatic carbocycles. The monoisotopic (exact) mass is 511 g/mol. The van der Waals surface area contributed by atoms with Crippen molar-refractivity contribution in [1.29, 1.82) is 0 Å². The summed E-state index contributed by atoms with van der Waals surface area (Å²) in [7, 11) is 1.45. The Morgan fingerprint density at radius 3 is 2.39 bits per heavy atom. The summed E-state index contributed by atoms with van der Waals surface area (Å²) in [6.45, 7) is 3.85. The van der Waals surface area contributed by atoms with Crippen molar-refractivity contribution in [3.05, 3.63) is 88.9 Å². The van der Waals surface area contributed by atoms with E-state index in [0.717, 1.165) is 11.1 Å². The van der Waals surface area contributed by atoms with Gasteiger partial charge < -0.3 is 29.7 Å². The molecule has 0 aliphatic carbocycles. The molecule has 0 spiro atoms. The van der Waals surface area contributed by atoms with E-state index < -0.39 is 30.2 Å². The summed E-state index contributed by atoms with van der Waals surface area (Å²) in [4.78, 5) is 13.3. The standard InChI is InChI=1S/C28H30ClNO6/c1-28(2)25(34-3)23(31)24(32)27(36-28)35-20-13-14-21(18-9-11-19(29)12-10-18)22(15-20)26(33)30-16-17-7-5-4-6-8-17/h4-15,23-25,27,31-32H,16H2,1-3H3,(H,30,33)/t23-,24+,25+,27+/m0/s1. The van der Waals surface area contributed by atoms with Crippen LogP contribution in [0.15, 0.2) is 72.8 Å². The molecule has 8 heteroatoms. The van der Waals surface area contributed by atoms with Gasteiger partial charge in [0.25, 0.3) is 5.91 Å². The van der Waals surface area contributed by atoms with Crippen molar-refractivity contribution in [2.24, 2.45) is 0 Å². The lowest BCUT2D eigenvalue weighted by molar-refractivity contribution is -0.305. The van der Waals surface area contributed by atoms with Crippen molar-refractivity contribution in [2.75, 3.05) is 7.11 Å². The van der Waals surface area contributed by atoms with Gasteiger partial charge in [-0.2, -0.15) is 0 Å². The van der Waals surface area contributed by atoms with Crippen LogP contribution in [0.3, 0.4) is 0 Å². The molecular formula is C28H30ClNO6. The van der Waals surface area contributed by atoms with E-state index in [4.69, 9.17) is 25.8 Å². The number of ether oxygens (including phenoxy) is 3. The zero-order valence-corrected chi connectivity index (χ0v) is 21.1. The van der Waals surface area contributed by atoms with Crippen LogP contribution in [0.1, 0.15) is 29.8 Å². The predicted molar refractivity (Wildman–Crippen MR) is 137 cm³/mol. The summed E-state index contributed by atoms with van der Waals surface area (Å²) in [5.74, 6) is 0.0136. The summed E-state index contributed by atoms with van der Waals surface area (Å²) < 4.78 is 17.2. The molecule has 1 aliphatic rings. The summed E-state index contributed by atoms with van der Waals surface area (Å²) in [6, 6.07) is 21.9. The van der Waals surface area contributed by atoms with Crippen molar-refractivity contribution in [2.45, 2.75) is 50.6 Å². The number of aliphatic hydroxyl groups excluding tert-OH is 2. The molecule has 0 bridgehead atoms. The molecule has 190 valence electrons. The molecule has 0 saturated carbocycles. The molecule has 0 unspecified atom stereocenters. The molecule has 36 heavy (non-hydrogen) atoms. The van der Waals surface area contributed by atoms with E-state index in [-0.39, 0.29) is 5.91 Å². The minimum Gasteiger partial charge on any atom is -0.462 e. The third-order valence-corrected chi connectivity index (χ3v) is 6.49. The summed E-state index contributed by atoms with van der Waals surface area (Å²) in [6.07, 6.45) is -4.47. The smallest absolute Gasteiger partial charge is 0.252 e. The molecule has 1 fully saturated rings. The zero-order valence-electron chi connectivity index (χ0n) is 20.4. The van der Waals surface area contributed by atoms with Crippen LogP contribution in [0, 0.1) is 0 Å². The van der Waals surface area contributed by atoms with Gasteiger partial charge in [-0.25, -0.2) is 0 Å². The van der Waals surface area contributed by atoms with Crippen LogP contribution in [0.5, 0.6) is 5.75 Å². The van der Waals surface area contributed by atoms with Crippen LogP contribution in [-0.4, -0.2) is 53.4 Å². The highest BCUT2D eigenvalue weighted by Crippen LogP contribution is 2.34. The van der Waals surface area contributed by atoms with Gasteiger partial charge in [0.1, 0.15) is 24.1 Å². The van der Waals surface area contributed by atoms with Gasteiger partial charge in [0.2, 0.25) is 6.29 Å². The van der Waals surface area contributed by atoms with Crippen LogP contribution in [-0.2, 0) is 16.0 Å². The normalized spacial score (nSPS) is 23.2. The van der Waals surface area contributed by atoms with Gasteiger partial charge in [0.15, 0.2) is 0 Å². The Morgan fingerprint density at radius 1 is 1.03 bits per heavy atom. The first kappa shape index (κ1) is 26.1. The van der Waals surface area contributed by atoms with E-state index in [1.54, 1.807) is 44.2 Å². The lowest BCUT2D eigenvalue weighted by Crippen LogP contribution is -2.63. The topological polar surface area (TPSA) is 97.3 Å². The Morgan fingerprint density at radius 2 is 1.72 bits per heavy atom. The van der Waals surface area contributed by atoms with Crippen molar-refractivity contribution >= 4 is 17.5 Å². The van der Waals surface area contributed by atoms with Crippen molar-refractivity contribution in [3.63, 3.8) is 0 Å². The van der Waals surface area contributed by atoms with Crippen molar-refractivity contribution in [1.82, 2.24) is 5.32 Å². The van der Waals surface area contributed by atoms with Gasteiger partial charge in [0.05, 0.1) is 11.2 Å². The highest BCUT2D eigenvalue weighted by atomic mass is 35.5. The molecule has 1 heterocycles. The van der Waals surface area contributed by atoms with E-state index >= 15 is 0 Å². The van der Waals surface area contributed by atoms with Crippen LogP contribution in [0.2, 0.25) is 5.02 Å². The minimum atomic E-state index is -1.35. The molecule has 1 aliphatic heterocycles. The van der Waals surface area contributed by atoms with E-state index in [1.165, 1.54) is 7.11 Å². The Labute approximate surface area is 215 Å². The number of carbonyl (C=O) groups excluding carboxylic acids is 1. The van der Waals surface area contributed by atoms with Crippen LogP contribution >= 0.6 is 11.6 Å². The maximum absolute atomic E-state index is 13.3. The molecule has 0 radical (unpaired) electrons. The van der Waals surface area contributed by atoms with Crippen LogP contribution in [0.25, 0.3) is 11.1 Å². The number of hydrogen-bond acceptors (Lipinski definition) is 6. The predicted octanol–water partition coefficient (Wildman–Crippen LogP) is 4.19. The van der Waals surface area contributed by atoms with E-state index in [9.17, 15) is 15.0 Å². The lowest BCUT2D eigenvalue weighted by Gasteiger charge is -2.46. The maximum Gasteiger partial charge on any atom is 0.252 e. The largest absolute Gasteiger partial charge is 0.462 e. The van der Waals surface area contributed by atoms with Crippen LogP contribution < -0.4 is 10.1 Å². The highest BCUT2D eigenvalue weighted by Gasteiger charge is 2.50. The SMILES string of the molecule is CO[C@@H]1[C@@H](O)[C@@H](O)[C@H](Oc2ccc(-c3ccc(Cl)cc3)c(C(=O)NCc3ccccc3)c2)OC1(C)C. The van der Waals surface area contributed by atoms with E-state index in [0.29, 0.717) is 28.4 Å². The van der Waals surface area contributed by atoms with Gasteiger partial charge >= 0.3 is 0 Å². The molecule has 1 saturated heterocycles. The third kappa shape index (κ3) is 5.72.